The number of hydrogen-bond donors (Lipinski definition) is 2. The molecule has 6 bridgehead atoms. The molecule has 4 aliphatic heterocycles. The van der Waals surface area contributed by atoms with E-state index in [1.54, 1.807) is 18.5 Å². The number of benzene rings is 2. The number of carbonyl (C=O) groups excluding carboxylic acids is 1. The van der Waals surface area contributed by atoms with Crippen LogP contribution >= 0.6 is 0 Å². The van der Waals surface area contributed by atoms with Gasteiger partial charge in [0.15, 0.2) is 0 Å². The van der Waals surface area contributed by atoms with Crippen LogP contribution < -0.4 is 19.9 Å². The molecule has 5 heterocycles. The zero-order valence-corrected chi connectivity index (χ0v) is 22.0. The summed E-state index contributed by atoms with van der Waals surface area (Å²) in [6, 6.07) is 8.75. The second-order valence-electron chi connectivity index (χ2n) is 10.5. The summed E-state index contributed by atoms with van der Waals surface area (Å²) in [6.45, 7) is 2.23. The normalized spacial score (nSPS) is 21.7. The Morgan fingerprint density at radius 3 is 2.69 bits per heavy atom. The van der Waals surface area contributed by atoms with Crippen LogP contribution in [0.3, 0.4) is 0 Å². The average molecular weight is 533 g/mol. The van der Waals surface area contributed by atoms with Gasteiger partial charge in [-0.25, -0.2) is 9.37 Å². The first-order valence-corrected chi connectivity index (χ1v) is 13.5. The number of aromatic nitrogens is 2. The molecular weight excluding hydrogens is 499 g/mol. The molecule has 1 aromatic heterocycles. The van der Waals surface area contributed by atoms with E-state index in [-0.39, 0.29) is 30.2 Å². The highest BCUT2D eigenvalue weighted by Gasteiger charge is 2.28. The summed E-state index contributed by atoms with van der Waals surface area (Å²) in [4.78, 5) is 28.3. The summed E-state index contributed by atoms with van der Waals surface area (Å²) in [5.74, 6) is -0.260. The number of aliphatic hydroxyl groups is 1. The molecule has 204 valence electrons. The lowest BCUT2D eigenvalue weighted by molar-refractivity contribution is 0.0891. The zero-order chi connectivity index (χ0) is 26.9. The van der Waals surface area contributed by atoms with Gasteiger partial charge in [-0.3, -0.25) is 9.78 Å². The number of ether oxygens (including phenoxy) is 1. The van der Waals surface area contributed by atoms with Crippen molar-refractivity contribution in [3.05, 3.63) is 66.0 Å². The summed E-state index contributed by atoms with van der Waals surface area (Å²) < 4.78 is 21.8. The van der Waals surface area contributed by atoms with Crippen LogP contribution in [-0.2, 0) is 0 Å². The van der Waals surface area contributed by atoms with Crippen LogP contribution in [0.5, 0.6) is 5.75 Å². The largest absolute Gasteiger partial charge is 0.488 e. The number of fused-ring (bicyclic) bond motifs is 3. The Hall–Kier alpha value is -3.92. The predicted octanol–water partition coefficient (Wildman–Crippen LogP) is 3.29. The minimum atomic E-state index is -0.536. The lowest BCUT2D eigenvalue weighted by Gasteiger charge is -2.38. The second-order valence-corrected chi connectivity index (χ2v) is 10.5. The molecule has 0 spiro atoms. The monoisotopic (exact) mass is 532 g/mol. The molecule has 0 atom stereocenters. The van der Waals surface area contributed by atoms with E-state index in [9.17, 15) is 9.90 Å². The first kappa shape index (κ1) is 25.4. The summed E-state index contributed by atoms with van der Waals surface area (Å²) in [5, 5.41) is 13.0. The fraction of sp³-hybridized carbons (Fsp3) is 0.414. The van der Waals surface area contributed by atoms with Gasteiger partial charge in [-0.05, 0) is 49.9 Å². The molecule has 1 aliphatic carbocycles. The van der Waals surface area contributed by atoms with Crippen LogP contribution in [0.2, 0.25) is 0 Å². The van der Waals surface area contributed by atoms with Gasteiger partial charge in [-0.1, -0.05) is 0 Å². The number of amides is 1. The molecular formula is C29H33FN6O3. The molecule has 2 aromatic carbocycles. The van der Waals surface area contributed by atoms with Crippen LogP contribution in [0.4, 0.5) is 15.8 Å². The molecule has 0 saturated heterocycles. The minimum absolute atomic E-state index is 0.0367. The Kier molecular flexibility index (Phi) is 6.95. The molecule has 39 heavy (non-hydrogen) atoms. The number of likely N-dealkylation sites (N-methyl/N-ethyl adjacent to an activating group) is 1. The molecule has 5 aliphatic rings. The molecule has 8 rings (SSSR count). The highest BCUT2D eigenvalue weighted by molar-refractivity contribution is 5.95. The standard InChI is InChI=1S/C29H33FN6O3/c1-34-10-11-36-20-4-7-24(25(30)14-20)29(38)33-19-2-5-23(6-3-19)39-27-16-21(15-26-28(27)32-9-8-31-26)35(12-13-37)18-22(36)17-34/h4,7-9,14-17,19,23,37H,2-3,5-6,10-13,18H2,1H3,(H,33,38). The number of anilines is 2. The van der Waals surface area contributed by atoms with E-state index in [4.69, 9.17) is 4.74 Å². The second kappa shape index (κ2) is 10.7. The Balaban J connectivity index is 1.46. The molecule has 9 nitrogen and oxygen atoms in total. The Bertz CT molecular complexity index is 1410. The van der Waals surface area contributed by atoms with Crippen molar-refractivity contribution in [1.82, 2.24) is 20.2 Å². The van der Waals surface area contributed by atoms with Crippen molar-refractivity contribution in [3.8, 4) is 5.75 Å². The number of nitrogens with one attached hydrogen (secondary N) is 1. The fourth-order valence-electron chi connectivity index (χ4n) is 5.75. The van der Waals surface area contributed by atoms with E-state index in [1.807, 2.05) is 31.4 Å². The maximum atomic E-state index is 15.3. The Morgan fingerprint density at radius 1 is 1.08 bits per heavy atom. The van der Waals surface area contributed by atoms with Crippen molar-refractivity contribution < 1.29 is 19.0 Å². The number of halogens is 1. The van der Waals surface area contributed by atoms with E-state index in [1.165, 1.54) is 6.07 Å². The zero-order valence-electron chi connectivity index (χ0n) is 22.0. The first-order valence-electron chi connectivity index (χ1n) is 13.5. The topological polar surface area (TPSA) is 94.1 Å². The number of nitrogens with zero attached hydrogens (tertiary/aromatic N) is 5. The van der Waals surface area contributed by atoms with Crippen LogP contribution in [0.25, 0.3) is 11.0 Å². The number of carbonyl (C=O) groups is 1. The maximum absolute atomic E-state index is 15.3. The van der Waals surface area contributed by atoms with E-state index >= 15 is 4.39 Å². The minimum Gasteiger partial charge on any atom is -0.488 e. The highest BCUT2D eigenvalue weighted by Crippen LogP contribution is 2.34. The highest BCUT2D eigenvalue weighted by atomic mass is 19.1. The van der Waals surface area contributed by atoms with Crippen molar-refractivity contribution in [2.24, 2.45) is 0 Å². The fourth-order valence-corrected chi connectivity index (χ4v) is 5.75. The summed E-state index contributed by atoms with van der Waals surface area (Å²) >= 11 is 0. The summed E-state index contributed by atoms with van der Waals surface area (Å²) in [7, 11) is 2.01. The van der Waals surface area contributed by atoms with Crippen molar-refractivity contribution in [2.45, 2.75) is 37.8 Å². The molecule has 1 saturated carbocycles. The van der Waals surface area contributed by atoms with Gasteiger partial charge in [0.05, 0.1) is 36.0 Å². The predicted molar refractivity (Wildman–Crippen MR) is 147 cm³/mol. The van der Waals surface area contributed by atoms with Gasteiger partial charge < -0.3 is 29.9 Å². The van der Waals surface area contributed by atoms with E-state index in [0.29, 0.717) is 42.1 Å². The smallest absolute Gasteiger partial charge is 0.254 e. The SMILES string of the molecule is CN1C=C2CN(CCO)c3cc(c4nccnc4c3)OC3CCC(CC3)NC(=O)c3ccc(cc3F)N2CC1. The van der Waals surface area contributed by atoms with Gasteiger partial charge in [0.1, 0.15) is 17.1 Å². The molecule has 3 aromatic rings. The van der Waals surface area contributed by atoms with Gasteiger partial charge in [-0.2, -0.15) is 0 Å². The van der Waals surface area contributed by atoms with E-state index in [0.717, 1.165) is 43.6 Å². The quantitative estimate of drug-likeness (QED) is 0.520. The first-order chi connectivity index (χ1) is 19.0. The maximum Gasteiger partial charge on any atom is 0.254 e. The van der Waals surface area contributed by atoms with Gasteiger partial charge in [0.25, 0.3) is 5.91 Å². The molecule has 0 unspecified atom stereocenters. The Labute approximate surface area is 226 Å². The van der Waals surface area contributed by atoms with Crippen molar-refractivity contribution in [2.75, 3.05) is 49.6 Å². The van der Waals surface area contributed by atoms with E-state index in [2.05, 4.69) is 30.0 Å². The van der Waals surface area contributed by atoms with Crippen molar-refractivity contribution in [1.29, 1.82) is 0 Å². The number of aliphatic hydroxyl groups excluding tert-OH is 1. The molecule has 2 N–H and O–H groups in total. The third-order valence-corrected chi connectivity index (χ3v) is 7.82. The van der Waals surface area contributed by atoms with Crippen LogP contribution in [-0.4, -0.2) is 77.9 Å². The van der Waals surface area contributed by atoms with Crippen molar-refractivity contribution >= 4 is 28.3 Å². The molecule has 10 heteroatoms. The molecule has 1 amide bonds. The third-order valence-electron chi connectivity index (χ3n) is 7.82. The van der Waals surface area contributed by atoms with Gasteiger partial charge in [0, 0.05) is 68.8 Å². The van der Waals surface area contributed by atoms with Gasteiger partial charge >= 0.3 is 0 Å². The Morgan fingerprint density at radius 2 is 1.90 bits per heavy atom. The van der Waals surface area contributed by atoms with Crippen molar-refractivity contribution in [3.63, 3.8) is 0 Å². The van der Waals surface area contributed by atoms with Gasteiger partial charge in [0.2, 0.25) is 0 Å². The van der Waals surface area contributed by atoms with Crippen LogP contribution in [0.1, 0.15) is 36.0 Å². The van der Waals surface area contributed by atoms with Crippen LogP contribution in [0.15, 0.2) is 54.6 Å². The number of rotatable bonds is 2. The summed E-state index contributed by atoms with van der Waals surface area (Å²) in [6.07, 6.45) is 8.33. The van der Waals surface area contributed by atoms with Crippen LogP contribution in [0, 0.1) is 5.82 Å². The van der Waals surface area contributed by atoms with Gasteiger partial charge in [-0.15, -0.1) is 0 Å². The molecule has 0 radical (unpaired) electrons. The van der Waals surface area contributed by atoms with E-state index < -0.39 is 5.82 Å². The lowest BCUT2D eigenvalue weighted by atomic mass is 9.92. The third kappa shape index (κ3) is 5.21. The number of hydrogen-bond acceptors (Lipinski definition) is 8. The summed E-state index contributed by atoms with van der Waals surface area (Å²) in [5.41, 5.74) is 3.96. The molecule has 1 fully saturated rings. The lowest BCUT2D eigenvalue weighted by Crippen LogP contribution is -2.42. The average Bonchev–Trinajstić information content (AvgIpc) is 2.93.